The molecule has 0 N–H and O–H groups in total. The van der Waals surface area contributed by atoms with E-state index < -0.39 is 46.5 Å². The molecule has 2 rings (SSSR count). The zero-order valence-electron chi connectivity index (χ0n) is 17.3. The van der Waals surface area contributed by atoms with Gasteiger partial charge in [0.05, 0.1) is 0 Å². The zero-order valence-corrected chi connectivity index (χ0v) is 17.3. The van der Waals surface area contributed by atoms with E-state index in [1.165, 1.54) is 0 Å². The first-order valence-electron chi connectivity index (χ1n) is 10.2. The van der Waals surface area contributed by atoms with Crippen molar-refractivity contribution in [2.75, 3.05) is 19.8 Å². The summed E-state index contributed by atoms with van der Waals surface area (Å²) < 4.78 is 86.2. The van der Waals surface area contributed by atoms with Crippen LogP contribution >= 0.6 is 0 Å². The summed E-state index contributed by atoms with van der Waals surface area (Å²) in [5, 5.41) is 0. The Morgan fingerprint density at radius 1 is 0.724 bits per heavy atom. The molecule has 0 spiro atoms. The van der Waals surface area contributed by atoms with Crippen molar-refractivity contribution in [2.45, 2.75) is 65.3 Å². The SMILES string of the molecule is CCOC(OCC)(OCC)C(C)C1CCC(c2c(F)c(F)c(F)c(F)c2F)CC1. The molecule has 8 heteroatoms. The Morgan fingerprint density at radius 2 is 1.10 bits per heavy atom. The van der Waals surface area contributed by atoms with E-state index in [2.05, 4.69) is 0 Å². The molecule has 0 radical (unpaired) electrons. The number of rotatable bonds is 9. The highest BCUT2D eigenvalue weighted by atomic mass is 19.2. The fourth-order valence-electron chi connectivity index (χ4n) is 4.30. The molecule has 0 aromatic heterocycles. The van der Waals surface area contributed by atoms with E-state index in [0.717, 1.165) is 0 Å². The van der Waals surface area contributed by atoms with E-state index in [1.807, 2.05) is 27.7 Å². The minimum absolute atomic E-state index is 0.0529. The van der Waals surface area contributed by atoms with Crippen LogP contribution in [-0.2, 0) is 14.2 Å². The first-order chi connectivity index (χ1) is 13.7. The van der Waals surface area contributed by atoms with Gasteiger partial charge in [0.15, 0.2) is 23.3 Å². The Morgan fingerprint density at radius 3 is 1.48 bits per heavy atom. The van der Waals surface area contributed by atoms with Gasteiger partial charge in [0.1, 0.15) is 0 Å². The summed E-state index contributed by atoms with van der Waals surface area (Å²) in [6.07, 6.45) is 1.65. The Bertz CT molecular complexity index is 643. The number of ether oxygens (including phenoxy) is 3. The fourth-order valence-corrected chi connectivity index (χ4v) is 4.30. The van der Waals surface area contributed by atoms with Crippen LogP contribution in [0, 0.1) is 40.9 Å². The monoisotopic (exact) mass is 424 g/mol. The smallest absolute Gasteiger partial charge is 0.285 e. The molecular formula is C21H29F5O3. The number of hydrogen-bond acceptors (Lipinski definition) is 3. The molecule has 0 bridgehead atoms. The molecule has 1 fully saturated rings. The van der Waals surface area contributed by atoms with Crippen LogP contribution in [0.5, 0.6) is 0 Å². The Hall–Kier alpha value is -1.25. The zero-order chi connectivity index (χ0) is 21.8. The van der Waals surface area contributed by atoms with Gasteiger partial charge >= 0.3 is 0 Å². The second-order valence-electron chi connectivity index (χ2n) is 7.29. The van der Waals surface area contributed by atoms with Crippen LogP contribution in [0.25, 0.3) is 0 Å². The highest BCUT2D eigenvalue weighted by Crippen LogP contribution is 2.45. The van der Waals surface area contributed by atoms with E-state index in [0.29, 0.717) is 45.5 Å². The van der Waals surface area contributed by atoms with Gasteiger partial charge in [0.25, 0.3) is 5.97 Å². The van der Waals surface area contributed by atoms with Crippen molar-refractivity contribution in [3.05, 3.63) is 34.6 Å². The fraction of sp³-hybridized carbons (Fsp3) is 0.714. The van der Waals surface area contributed by atoms with Gasteiger partial charge in [-0.3, -0.25) is 0 Å². The van der Waals surface area contributed by atoms with Crippen molar-refractivity contribution in [1.29, 1.82) is 0 Å². The van der Waals surface area contributed by atoms with Gasteiger partial charge in [-0.25, -0.2) is 22.0 Å². The molecule has 1 aromatic carbocycles. The van der Waals surface area contributed by atoms with Gasteiger partial charge in [-0.2, -0.15) is 0 Å². The molecule has 1 saturated carbocycles. The third-order valence-electron chi connectivity index (χ3n) is 5.73. The average molecular weight is 424 g/mol. The van der Waals surface area contributed by atoms with Gasteiger partial charge < -0.3 is 14.2 Å². The van der Waals surface area contributed by atoms with Crippen LogP contribution in [0.3, 0.4) is 0 Å². The molecule has 29 heavy (non-hydrogen) atoms. The second kappa shape index (κ2) is 10.2. The summed E-state index contributed by atoms with van der Waals surface area (Å²) in [5.41, 5.74) is -0.710. The van der Waals surface area contributed by atoms with Crippen molar-refractivity contribution in [3.8, 4) is 0 Å². The average Bonchev–Trinajstić information content (AvgIpc) is 2.71. The maximum Gasteiger partial charge on any atom is 0.285 e. The third kappa shape index (κ3) is 4.75. The van der Waals surface area contributed by atoms with Crippen LogP contribution < -0.4 is 0 Å². The van der Waals surface area contributed by atoms with Gasteiger partial charge in [0, 0.05) is 31.3 Å². The quantitative estimate of drug-likeness (QED) is 0.209. The Labute approximate surface area is 168 Å². The maximum atomic E-state index is 14.2. The molecule has 0 aliphatic heterocycles. The lowest BCUT2D eigenvalue weighted by molar-refractivity contribution is -0.405. The van der Waals surface area contributed by atoms with Crippen molar-refractivity contribution in [2.24, 2.45) is 11.8 Å². The lowest BCUT2D eigenvalue weighted by Crippen LogP contribution is -2.48. The first kappa shape index (κ1) is 24.0. The predicted octanol–water partition coefficient (Wildman–Crippen LogP) is 6.06. The van der Waals surface area contributed by atoms with Crippen LogP contribution in [-0.4, -0.2) is 25.8 Å². The summed E-state index contributed by atoms with van der Waals surface area (Å²) in [7, 11) is 0. The first-order valence-corrected chi connectivity index (χ1v) is 10.2. The second-order valence-corrected chi connectivity index (χ2v) is 7.29. The lowest BCUT2D eigenvalue weighted by Gasteiger charge is -2.43. The number of halogens is 5. The van der Waals surface area contributed by atoms with E-state index in [4.69, 9.17) is 14.2 Å². The summed E-state index contributed by atoms with van der Waals surface area (Å²) in [4.78, 5) is 0. The largest absolute Gasteiger partial charge is 0.328 e. The molecule has 0 amide bonds. The molecule has 0 saturated heterocycles. The van der Waals surface area contributed by atoms with Crippen molar-refractivity contribution in [3.63, 3.8) is 0 Å². The van der Waals surface area contributed by atoms with Gasteiger partial charge in [-0.1, -0.05) is 6.92 Å². The van der Waals surface area contributed by atoms with Crippen LogP contribution in [0.1, 0.15) is 64.9 Å². The minimum Gasteiger partial charge on any atom is -0.328 e. The summed E-state index contributed by atoms with van der Waals surface area (Å²) in [6.45, 7) is 8.57. The van der Waals surface area contributed by atoms with E-state index in [9.17, 15) is 22.0 Å². The molecular weight excluding hydrogens is 395 g/mol. The highest BCUT2D eigenvalue weighted by Gasteiger charge is 2.45. The summed E-state index contributed by atoms with van der Waals surface area (Å²) in [6, 6.07) is 0. The van der Waals surface area contributed by atoms with E-state index >= 15 is 0 Å². The standard InChI is InChI=1S/C21H29F5O3/c1-5-27-21(28-6-2,29-7-3)12(4)13-8-10-14(11-9-13)15-16(22)18(24)20(26)19(25)17(15)23/h12-14H,5-11H2,1-4H3. The van der Waals surface area contributed by atoms with Crippen LogP contribution in [0.15, 0.2) is 0 Å². The number of hydrogen-bond donors (Lipinski definition) is 0. The van der Waals surface area contributed by atoms with Crippen LogP contribution in [0.4, 0.5) is 22.0 Å². The van der Waals surface area contributed by atoms with E-state index in [-0.39, 0.29) is 11.8 Å². The topological polar surface area (TPSA) is 27.7 Å². The molecule has 166 valence electrons. The Balaban J connectivity index is 2.20. The van der Waals surface area contributed by atoms with Crippen molar-refractivity contribution in [1.82, 2.24) is 0 Å². The molecule has 0 heterocycles. The van der Waals surface area contributed by atoms with Gasteiger partial charge in [-0.05, 0) is 58.3 Å². The summed E-state index contributed by atoms with van der Waals surface area (Å²) >= 11 is 0. The third-order valence-corrected chi connectivity index (χ3v) is 5.73. The van der Waals surface area contributed by atoms with E-state index in [1.54, 1.807) is 0 Å². The van der Waals surface area contributed by atoms with Crippen molar-refractivity contribution >= 4 is 0 Å². The predicted molar refractivity (Wildman–Crippen MR) is 97.7 cm³/mol. The minimum atomic E-state index is -2.12. The normalized spacial score (nSPS) is 21.4. The molecule has 1 aliphatic rings. The van der Waals surface area contributed by atoms with Crippen LogP contribution in [0.2, 0.25) is 0 Å². The van der Waals surface area contributed by atoms with Crippen molar-refractivity contribution < 1.29 is 36.2 Å². The summed E-state index contributed by atoms with van der Waals surface area (Å²) in [5.74, 6) is -11.5. The molecule has 3 nitrogen and oxygen atoms in total. The van der Waals surface area contributed by atoms with Gasteiger partial charge in [0.2, 0.25) is 5.82 Å². The maximum absolute atomic E-state index is 14.2. The molecule has 1 aromatic rings. The highest BCUT2D eigenvalue weighted by molar-refractivity contribution is 5.27. The molecule has 1 aliphatic carbocycles. The molecule has 1 unspecified atom stereocenters. The molecule has 1 atom stereocenters. The van der Waals surface area contributed by atoms with Gasteiger partial charge in [-0.15, -0.1) is 0 Å². The number of benzene rings is 1. The Kier molecular flexibility index (Phi) is 8.43. The lowest BCUT2D eigenvalue weighted by atomic mass is 9.73.